The molecule has 1 saturated heterocycles. The van der Waals surface area contributed by atoms with Crippen molar-refractivity contribution >= 4 is 5.97 Å². The molecule has 1 aliphatic rings. The normalized spacial score (nSPS) is 20.0. The Balaban J connectivity index is 2.13. The Kier molecular flexibility index (Phi) is 5.49. The van der Waals surface area contributed by atoms with Gasteiger partial charge in [-0.3, -0.25) is 0 Å². The molecule has 0 saturated carbocycles. The Bertz CT molecular complexity index is 256. The lowest BCUT2D eigenvalue weighted by Crippen LogP contribution is -2.35. The lowest BCUT2D eigenvalue weighted by molar-refractivity contribution is -0.131. The minimum Gasteiger partial charge on any atom is -0.478 e. The number of carboxylic acid groups (broad SMARTS) is 1. The quantitative estimate of drug-likeness (QED) is 0.685. The van der Waals surface area contributed by atoms with Crippen LogP contribution in [0.1, 0.15) is 19.8 Å². The molecule has 0 atom stereocenters. The molecule has 2 N–H and O–H groups in total. The topological polar surface area (TPSA) is 52.6 Å². The Morgan fingerprint density at radius 1 is 1.50 bits per heavy atom. The smallest absolute Gasteiger partial charge is 0.328 e. The zero-order valence-electron chi connectivity index (χ0n) is 10.2. The van der Waals surface area contributed by atoms with Gasteiger partial charge in [0.05, 0.1) is 0 Å². The predicted octanol–water partition coefficient (Wildman–Crippen LogP) is 0.949. The molecule has 0 amide bonds. The van der Waals surface area contributed by atoms with Crippen molar-refractivity contribution in [3.63, 3.8) is 0 Å². The highest BCUT2D eigenvalue weighted by molar-refractivity contribution is 5.80. The number of piperidine rings is 1. The van der Waals surface area contributed by atoms with Gasteiger partial charge >= 0.3 is 5.97 Å². The first-order valence-corrected chi connectivity index (χ1v) is 5.87. The molecule has 0 unspecified atom stereocenters. The van der Waals surface area contributed by atoms with Crippen LogP contribution in [0.25, 0.3) is 0 Å². The Hall–Kier alpha value is -0.870. The highest BCUT2D eigenvalue weighted by Gasteiger charge is 2.15. The first-order chi connectivity index (χ1) is 7.58. The Morgan fingerprint density at radius 3 is 2.69 bits per heavy atom. The molecular formula is C12H22N2O2. The van der Waals surface area contributed by atoms with E-state index in [-0.39, 0.29) is 0 Å². The molecule has 0 aromatic heterocycles. The summed E-state index contributed by atoms with van der Waals surface area (Å²) in [4.78, 5) is 12.8. The number of carbonyl (C=O) groups is 1. The maximum Gasteiger partial charge on any atom is 0.328 e. The standard InChI is InChI=1S/C12H22N2O2/c1-10(7-12(15)16)8-13-9-11-3-5-14(2)6-4-11/h7,11,13H,3-6,8-9H2,1-2H3,(H,15,16). The van der Waals surface area contributed by atoms with Gasteiger partial charge in [0.2, 0.25) is 0 Å². The van der Waals surface area contributed by atoms with E-state index >= 15 is 0 Å². The van der Waals surface area contributed by atoms with Crippen molar-refractivity contribution in [2.75, 3.05) is 33.2 Å². The van der Waals surface area contributed by atoms with E-state index in [0.717, 1.165) is 18.0 Å². The van der Waals surface area contributed by atoms with E-state index in [4.69, 9.17) is 5.11 Å². The molecule has 0 aromatic rings. The summed E-state index contributed by atoms with van der Waals surface area (Å²) < 4.78 is 0. The number of nitrogens with one attached hydrogen (secondary N) is 1. The van der Waals surface area contributed by atoms with Crippen molar-refractivity contribution < 1.29 is 9.90 Å². The lowest BCUT2D eigenvalue weighted by Gasteiger charge is -2.29. The molecule has 0 bridgehead atoms. The first-order valence-electron chi connectivity index (χ1n) is 5.87. The first kappa shape index (κ1) is 13.2. The molecule has 4 nitrogen and oxygen atoms in total. The molecule has 1 aliphatic heterocycles. The second kappa shape index (κ2) is 6.66. The van der Waals surface area contributed by atoms with E-state index in [1.54, 1.807) is 0 Å². The van der Waals surface area contributed by atoms with E-state index < -0.39 is 5.97 Å². The van der Waals surface area contributed by atoms with Crippen molar-refractivity contribution in [2.45, 2.75) is 19.8 Å². The van der Waals surface area contributed by atoms with E-state index in [1.807, 2.05) is 6.92 Å². The van der Waals surface area contributed by atoms with E-state index in [2.05, 4.69) is 17.3 Å². The van der Waals surface area contributed by atoms with Crippen LogP contribution < -0.4 is 5.32 Å². The van der Waals surface area contributed by atoms with Gasteiger partial charge in [-0.1, -0.05) is 5.57 Å². The molecule has 0 radical (unpaired) electrons. The molecule has 1 fully saturated rings. The molecule has 16 heavy (non-hydrogen) atoms. The van der Waals surface area contributed by atoms with Crippen molar-refractivity contribution in [2.24, 2.45) is 5.92 Å². The summed E-state index contributed by atoms with van der Waals surface area (Å²) >= 11 is 0. The molecule has 4 heteroatoms. The molecule has 92 valence electrons. The summed E-state index contributed by atoms with van der Waals surface area (Å²) in [5, 5.41) is 11.9. The van der Waals surface area contributed by atoms with Gasteiger partial charge in [0.25, 0.3) is 0 Å². The third-order valence-electron chi connectivity index (χ3n) is 3.04. The number of nitrogens with zero attached hydrogens (tertiary/aromatic N) is 1. The summed E-state index contributed by atoms with van der Waals surface area (Å²) in [6, 6.07) is 0. The summed E-state index contributed by atoms with van der Waals surface area (Å²) in [6.45, 7) is 5.87. The fourth-order valence-electron chi connectivity index (χ4n) is 2.00. The largest absolute Gasteiger partial charge is 0.478 e. The Labute approximate surface area is 97.3 Å². The van der Waals surface area contributed by atoms with Crippen molar-refractivity contribution in [3.8, 4) is 0 Å². The van der Waals surface area contributed by atoms with Crippen LogP contribution in [0.15, 0.2) is 11.6 Å². The van der Waals surface area contributed by atoms with Gasteiger partial charge < -0.3 is 15.3 Å². The van der Waals surface area contributed by atoms with Gasteiger partial charge in [-0.15, -0.1) is 0 Å². The van der Waals surface area contributed by atoms with Crippen molar-refractivity contribution in [1.82, 2.24) is 10.2 Å². The summed E-state index contributed by atoms with van der Waals surface area (Å²) in [5.41, 5.74) is 0.875. The van der Waals surface area contributed by atoms with Gasteiger partial charge in [-0.2, -0.15) is 0 Å². The van der Waals surface area contributed by atoms with Crippen LogP contribution in [-0.4, -0.2) is 49.2 Å². The van der Waals surface area contributed by atoms with Crippen molar-refractivity contribution in [1.29, 1.82) is 0 Å². The van der Waals surface area contributed by atoms with Crippen LogP contribution in [0.4, 0.5) is 0 Å². The average Bonchev–Trinajstić information content (AvgIpc) is 2.20. The third-order valence-corrected chi connectivity index (χ3v) is 3.04. The lowest BCUT2D eigenvalue weighted by atomic mass is 9.97. The third kappa shape index (κ3) is 5.28. The number of likely N-dealkylation sites (tertiary alicyclic amines) is 1. The number of carboxylic acids is 1. The van der Waals surface area contributed by atoms with Gasteiger partial charge in [0, 0.05) is 12.6 Å². The minimum absolute atomic E-state index is 0.679. The highest BCUT2D eigenvalue weighted by atomic mass is 16.4. The number of hydrogen-bond donors (Lipinski definition) is 2. The Morgan fingerprint density at radius 2 is 2.12 bits per heavy atom. The minimum atomic E-state index is -0.862. The van der Waals surface area contributed by atoms with Gasteiger partial charge in [0.15, 0.2) is 0 Å². The number of hydrogen-bond acceptors (Lipinski definition) is 3. The second-order valence-corrected chi connectivity index (χ2v) is 4.71. The molecule has 1 heterocycles. The highest BCUT2D eigenvalue weighted by Crippen LogP contribution is 2.14. The van der Waals surface area contributed by atoms with Crippen LogP contribution in [0.3, 0.4) is 0 Å². The maximum atomic E-state index is 10.4. The van der Waals surface area contributed by atoms with Crippen LogP contribution in [0.2, 0.25) is 0 Å². The van der Waals surface area contributed by atoms with E-state index in [9.17, 15) is 4.79 Å². The van der Waals surface area contributed by atoms with Gasteiger partial charge in [0.1, 0.15) is 0 Å². The van der Waals surface area contributed by atoms with E-state index in [1.165, 1.54) is 32.0 Å². The SMILES string of the molecule is CC(=CC(=O)O)CNCC1CCN(C)CC1. The van der Waals surface area contributed by atoms with Crippen LogP contribution in [0.5, 0.6) is 0 Å². The van der Waals surface area contributed by atoms with E-state index in [0.29, 0.717) is 6.54 Å². The second-order valence-electron chi connectivity index (χ2n) is 4.71. The number of aliphatic carboxylic acids is 1. The average molecular weight is 226 g/mol. The summed E-state index contributed by atoms with van der Waals surface area (Å²) in [7, 11) is 2.16. The monoisotopic (exact) mass is 226 g/mol. The van der Waals surface area contributed by atoms with Crippen LogP contribution in [0, 0.1) is 5.92 Å². The summed E-state index contributed by atoms with van der Waals surface area (Å²) in [5.74, 6) is -0.118. The maximum absolute atomic E-state index is 10.4. The molecule has 1 rings (SSSR count). The van der Waals surface area contributed by atoms with Gasteiger partial charge in [-0.25, -0.2) is 4.79 Å². The zero-order valence-corrected chi connectivity index (χ0v) is 10.2. The van der Waals surface area contributed by atoms with Crippen molar-refractivity contribution in [3.05, 3.63) is 11.6 Å². The van der Waals surface area contributed by atoms with Crippen LogP contribution >= 0.6 is 0 Å². The fraction of sp³-hybridized carbons (Fsp3) is 0.750. The molecule has 0 aliphatic carbocycles. The fourth-order valence-corrected chi connectivity index (χ4v) is 2.00. The molecule has 0 spiro atoms. The zero-order chi connectivity index (χ0) is 12.0. The molecular weight excluding hydrogens is 204 g/mol. The number of rotatable bonds is 5. The molecule has 0 aromatic carbocycles. The predicted molar refractivity (Wildman–Crippen MR) is 64.5 cm³/mol. The summed E-state index contributed by atoms with van der Waals surface area (Å²) in [6.07, 6.45) is 3.75. The van der Waals surface area contributed by atoms with Crippen LogP contribution in [-0.2, 0) is 4.79 Å². The van der Waals surface area contributed by atoms with Gasteiger partial charge in [-0.05, 0) is 52.4 Å².